The van der Waals surface area contributed by atoms with Crippen LogP contribution in [0.2, 0.25) is 0 Å². The topological polar surface area (TPSA) is 66.5 Å². The molecule has 1 aromatic rings. The molecule has 2 heterocycles. The molecule has 0 aromatic heterocycles. The molecule has 2 aliphatic heterocycles. The van der Waals surface area contributed by atoms with Crippen LogP contribution in [-0.4, -0.2) is 56.0 Å². The molecule has 3 atom stereocenters. The second-order valence-electron chi connectivity index (χ2n) is 6.30. The van der Waals surface area contributed by atoms with Gasteiger partial charge < -0.3 is 4.90 Å². The molecule has 0 aliphatic carbocycles. The van der Waals surface area contributed by atoms with E-state index in [2.05, 4.69) is 5.32 Å². The highest BCUT2D eigenvalue weighted by molar-refractivity contribution is 7.98. The molecule has 1 aromatic carbocycles. The molecule has 5 nitrogen and oxygen atoms in total. The van der Waals surface area contributed by atoms with Gasteiger partial charge in [-0.3, -0.25) is 10.1 Å². The summed E-state index contributed by atoms with van der Waals surface area (Å²) < 4.78 is 24.2. The quantitative estimate of drug-likeness (QED) is 0.881. The van der Waals surface area contributed by atoms with Crippen LogP contribution in [-0.2, 0) is 14.6 Å². The number of nitrogens with zero attached hydrogens (tertiary/aromatic N) is 1. The molecule has 1 amide bonds. The number of aryl methyl sites for hydroxylation is 1. The van der Waals surface area contributed by atoms with E-state index in [1.54, 1.807) is 16.7 Å². The molecule has 2 aliphatic rings. The number of amides is 1. The van der Waals surface area contributed by atoms with E-state index >= 15 is 0 Å². The van der Waals surface area contributed by atoms with Gasteiger partial charge in [0.25, 0.3) is 0 Å². The maximum atomic E-state index is 13.0. The lowest BCUT2D eigenvalue weighted by molar-refractivity contribution is -0.122. The van der Waals surface area contributed by atoms with Crippen LogP contribution in [0, 0.1) is 6.92 Å². The van der Waals surface area contributed by atoms with Crippen LogP contribution in [0.3, 0.4) is 0 Å². The third kappa shape index (κ3) is 3.41. The van der Waals surface area contributed by atoms with Gasteiger partial charge in [-0.05, 0) is 43.0 Å². The van der Waals surface area contributed by atoms with Gasteiger partial charge in [-0.1, -0.05) is 12.1 Å². The first-order valence-corrected chi connectivity index (χ1v) is 11.0. The first-order chi connectivity index (χ1) is 10.9. The zero-order valence-corrected chi connectivity index (χ0v) is 15.0. The third-order valence-electron chi connectivity index (χ3n) is 4.50. The van der Waals surface area contributed by atoms with Gasteiger partial charge in [-0.2, -0.15) is 11.8 Å². The molecule has 23 heavy (non-hydrogen) atoms. The number of carbonyl (C=O) groups is 1. The fraction of sp³-hybridized carbons (Fsp3) is 0.562. The monoisotopic (exact) mass is 354 g/mol. The summed E-state index contributed by atoms with van der Waals surface area (Å²) in [4.78, 5) is 14.7. The van der Waals surface area contributed by atoms with Crippen LogP contribution in [0.15, 0.2) is 24.3 Å². The Morgan fingerprint density at radius 2 is 2.13 bits per heavy atom. The molecular formula is C16H22N2O3S2. The van der Waals surface area contributed by atoms with Crippen LogP contribution in [0.1, 0.15) is 12.0 Å². The van der Waals surface area contributed by atoms with E-state index in [4.69, 9.17) is 0 Å². The van der Waals surface area contributed by atoms with Crippen LogP contribution in [0.5, 0.6) is 0 Å². The normalized spacial score (nSPS) is 29.6. The Morgan fingerprint density at radius 3 is 2.83 bits per heavy atom. The average molecular weight is 354 g/mol. The van der Waals surface area contributed by atoms with Crippen molar-refractivity contribution < 1.29 is 13.2 Å². The number of sulfone groups is 1. The van der Waals surface area contributed by atoms with Crippen LogP contribution < -0.4 is 10.2 Å². The van der Waals surface area contributed by atoms with Crippen molar-refractivity contribution in [2.75, 3.05) is 28.4 Å². The van der Waals surface area contributed by atoms with Gasteiger partial charge in [0.1, 0.15) is 0 Å². The highest BCUT2D eigenvalue weighted by atomic mass is 32.2. The number of benzene rings is 1. The van der Waals surface area contributed by atoms with Gasteiger partial charge in [0.15, 0.2) is 9.84 Å². The van der Waals surface area contributed by atoms with Crippen molar-refractivity contribution in [1.29, 1.82) is 0 Å². The molecule has 3 rings (SSSR count). The molecule has 0 radical (unpaired) electrons. The number of nitrogens with one attached hydrogen (secondary N) is 1. The number of anilines is 1. The largest absolute Gasteiger partial charge is 0.305 e. The number of thioether (sulfide) groups is 1. The number of hydrogen-bond donors (Lipinski definition) is 1. The molecule has 0 unspecified atom stereocenters. The zero-order valence-electron chi connectivity index (χ0n) is 13.4. The van der Waals surface area contributed by atoms with Crippen molar-refractivity contribution in [1.82, 2.24) is 5.32 Å². The summed E-state index contributed by atoms with van der Waals surface area (Å²) in [6.45, 7) is 1.98. The fourth-order valence-corrected chi connectivity index (χ4v) is 5.82. The molecule has 0 bridgehead atoms. The highest BCUT2D eigenvalue weighted by Crippen LogP contribution is 2.30. The van der Waals surface area contributed by atoms with E-state index < -0.39 is 9.84 Å². The molecule has 2 fully saturated rings. The predicted molar refractivity (Wildman–Crippen MR) is 94.8 cm³/mol. The van der Waals surface area contributed by atoms with Crippen LogP contribution in [0.4, 0.5) is 5.69 Å². The van der Waals surface area contributed by atoms with Crippen molar-refractivity contribution in [2.45, 2.75) is 31.5 Å². The average Bonchev–Trinajstić information content (AvgIpc) is 2.78. The molecular weight excluding hydrogens is 332 g/mol. The zero-order chi connectivity index (χ0) is 16.6. The van der Waals surface area contributed by atoms with Crippen molar-refractivity contribution in [3.63, 3.8) is 0 Å². The van der Waals surface area contributed by atoms with E-state index in [0.29, 0.717) is 6.42 Å². The summed E-state index contributed by atoms with van der Waals surface area (Å²) in [7, 11) is -3.11. The van der Waals surface area contributed by atoms with Gasteiger partial charge in [0.05, 0.1) is 23.6 Å². The Hall–Kier alpha value is -1.05. The molecule has 7 heteroatoms. The van der Waals surface area contributed by atoms with E-state index in [1.807, 2.05) is 37.4 Å². The van der Waals surface area contributed by atoms with Crippen LogP contribution >= 0.6 is 11.8 Å². The summed E-state index contributed by atoms with van der Waals surface area (Å²) in [6, 6.07) is 6.95. The Balaban J connectivity index is 1.96. The predicted octanol–water partition coefficient (Wildman–Crippen LogP) is 1.22. The summed E-state index contributed by atoms with van der Waals surface area (Å²) in [5, 5.41) is 3.29. The number of hydrogen-bond acceptors (Lipinski definition) is 5. The Kier molecular flexibility index (Phi) is 4.71. The first-order valence-electron chi connectivity index (χ1n) is 7.76. The molecule has 2 saturated heterocycles. The van der Waals surface area contributed by atoms with Gasteiger partial charge in [0, 0.05) is 11.7 Å². The van der Waals surface area contributed by atoms with Gasteiger partial charge in [-0.15, -0.1) is 0 Å². The minimum Gasteiger partial charge on any atom is -0.305 e. The standard InChI is InChI=1S/C16H22N2O3S2/c1-11-4-3-5-12(8-11)18-15-10-23(20,21)9-14(15)17-13(16(18)19)6-7-22-2/h3-5,8,13-15,17H,6-7,9-10H2,1-2H3/t13-,14+,15-/m0/s1. The summed E-state index contributed by atoms with van der Waals surface area (Å²) >= 11 is 1.69. The Labute approximate surface area is 141 Å². The number of rotatable bonds is 4. The Morgan fingerprint density at radius 1 is 1.35 bits per heavy atom. The van der Waals surface area contributed by atoms with Gasteiger partial charge in [-0.25, -0.2) is 8.42 Å². The van der Waals surface area contributed by atoms with Crippen molar-refractivity contribution in [3.8, 4) is 0 Å². The van der Waals surface area contributed by atoms with E-state index in [-0.39, 0.29) is 35.5 Å². The maximum Gasteiger partial charge on any atom is 0.244 e. The molecule has 0 saturated carbocycles. The smallest absolute Gasteiger partial charge is 0.244 e. The van der Waals surface area contributed by atoms with Gasteiger partial charge in [0.2, 0.25) is 5.91 Å². The van der Waals surface area contributed by atoms with E-state index in [9.17, 15) is 13.2 Å². The lowest BCUT2D eigenvalue weighted by atomic mass is 9.99. The van der Waals surface area contributed by atoms with E-state index in [0.717, 1.165) is 17.0 Å². The highest BCUT2D eigenvalue weighted by Gasteiger charge is 2.49. The number of fused-ring (bicyclic) bond motifs is 1. The number of carbonyl (C=O) groups excluding carboxylic acids is 1. The van der Waals surface area contributed by atoms with Crippen molar-refractivity contribution in [3.05, 3.63) is 29.8 Å². The second kappa shape index (κ2) is 6.45. The molecule has 126 valence electrons. The Bertz CT molecular complexity index is 705. The number of piperazine rings is 1. The maximum absolute atomic E-state index is 13.0. The second-order valence-corrected chi connectivity index (χ2v) is 9.44. The molecule has 0 spiro atoms. The summed E-state index contributed by atoms with van der Waals surface area (Å²) in [5.74, 6) is 1.01. The SMILES string of the molecule is CSCC[C@@H]1N[C@@H]2CS(=O)(=O)C[C@@H]2N(c2cccc(C)c2)C1=O. The first kappa shape index (κ1) is 16.8. The lowest BCUT2D eigenvalue weighted by Crippen LogP contribution is -2.65. The van der Waals surface area contributed by atoms with Gasteiger partial charge >= 0.3 is 0 Å². The van der Waals surface area contributed by atoms with E-state index in [1.165, 1.54) is 0 Å². The van der Waals surface area contributed by atoms with Crippen molar-refractivity contribution >= 4 is 33.2 Å². The fourth-order valence-electron chi connectivity index (χ4n) is 3.44. The minimum atomic E-state index is -3.11. The molecule has 1 N–H and O–H groups in total. The van der Waals surface area contributed by atoms with Crippen molar-refractivity contribution in [2.24, 2.45) is 0 Å². The van der Waals surface area contributed by atoms with Crippen LogP contribution in [0.25, 0.3) is 0 Å². The third-order valence-corrected chi connectivity index (χ3v) is 6.86. The summed E-state index contributed by atoms with van der Waals surface area (Å²) in [5.41, 5.74) is 1.87. The minimum absolute atomic E-state index is 0.0111. The lowest BCUT2D eigenvalue weighted by Gasteiger charge is -2.41. The summed E-state index contributed by atoms with van der Waals surface area (Å²) in [6.07, 6.45) is 2.72.